The Hall–Kier alpha value is -2.36. The van der Waals surface area contributed by atoms with Gasteiger partial charge in [-0.25, -0.2) is 0 Å². The van der Waals surface area contributed by atoms with Crippen LogP contribution in [0.4, 0.5) is 0 Å². The predicted molar refractivity (Wildman–Crippen MR) is 71.1 cm³/mol. The van der Waals surface area contributed by atoms with Crippen molar-refractivity contribution in [2.45, 2.75) is 0 Å². The van der Waals surface area contributed by atoms with Crippen molar-refractivity contribution in [2.75, 3.05) is 20.3 Å². The van der Waals surface area contributed by atoms with Gasteiger partial charge in [0.25, 0.3) is 0 Å². The van der Waals surface area contributed by atoms with E-state index in [0.29, 0.717) is 30.3 Å². The molecule has 0 radical (unpaired) electrons. The molecule has 3 rings (SSSR count). The van der Waals surface area contributed by atoms with E-state index in [1.165, 1.54) is 0 Å². The lowest BCUT2D eigenvalue weighted by molar-refractivity contribution is 0.171. The molecule has 0 bridgehead atoms. The first-order chi connectivity index (χ1) is 9.28. The minimum Gasteiger partial charge on any atom is -0.507 e. The van der Waals surface area contributed by atoms with E-state index in [9.17, 15) is 5.11 Å². The molecule has 1 aliphatic rings. The molecule has 1 N–H and O–H groups in total. The Morgan fingerprint density at radius 1 is 1.00 bits per heavy atom. The van der Waals surface area contributed by atoms with Crippen molar-refractivity contribution in [3.8, 4) is 34.1 Å². The molecular weight excluding hydrogens is 244 g/mol. The van der Waals surface area contributed by atoms with Gasteiger partial charge in [0.2, 0.25) is 0 Å². The maximum Gasteiger partial charge on any atom is 0.161 e. The average Bonchev–Trinajstić information content (AvgIpc) is 2.47. The monoisotopic (exact) mass is 258 g/mol. The maximum absolute atomic E-state index is 9.96. The van der Waals surface area contributed by atoms with Gasteiger partial charge in [-0.15, -0.1) is 0 Å². The highest BCUT2D eigenvalue weighted by molar-refractivity contribution is 5.74. The summed E-state index contributed by atoms with van der Waals surface area (Å²) in [5.41, 5.74) is 1.57. The van der Waals surface area contributed by atoms with Crippen molar-refractivity contribution in [3.63, 3.8) is 0 Å². The van der Waals surface area contributed by atoms with Crippen molar-refractivity contribution < 1.29 is 19.3 Å². The van der Waals surface area contributed by atoms with E-state index in [2.05, 4.69) is 0 Å². The van der Waals surface area contributed by atoms with Crippen LogP contribution in [-0.4, -0.2) is 25.4 Å². The number of aromatic hydroxyl groups is 1. The van der Waals surface area contributed by atoms with Gasteiger partial charge >= 0.3 is 0 Å². The number of benzene rings is 2. The lowest BCUT2D eigenvalue weighted by atomic mass is 10.0. The van der Waals surface area contributed by atoms with Gasteiger partial charge in [-0.1, -0.05) is 6.07 Å². The predicted octanol–water partition coefficient (Wildman–Crippen LogP) is 2.84. The van der Waals surface area contributed by atoms with Crippen molar-refractivity contribution >= 4 is 0 Å². The number of hydrogen-bond acceptors (Lipinski definition) is 4. The second-order valence-corrected chi connectivity index (χ2v) is 4.24. The molecule has 0 unspecified atom stereocenters. The Labute approximate surface area is 111 Å². The summed E-state index contributed by atoms with van der Waals surface area (Å²) in [5.74, 6) is 2.34. The summed E-state index contributed by atoms with van der Waals surface area (Å²) in [6, 6.07) is 10.7. The molecular formula is C15H14O4. The molecule has 0 saturated carbocycles. The number of fused-ring (bicyclic) bond motifs is 1. The molecule has 0 fully saturated rings. The lowest BCUT2D eigenvalue weighted by Crippen LogP contribution is -2.15. The molecule has 0 aliphatic carbocycles. The molecule has 4 heteroatoms. The van der Waals surface area contributed by atoms with Crippen LogP contribution in [0.5, 0.6) is 23.0 Å². The molecule has 1 heterocycles. The molecule has 98 valence electrons. The summed E-state index contributed by atoms with van der Waals surface area (Å²) in [6.07, 6.45) is 0. The second-order valence-electron chi connectivity index (χ2n) is 4.24. The highest BCUT2D eigenvalue weighted by atomic mass is 16.6. The number of rotatable bonds is 2. The molecule has 2 aromatic carbocycles. The molecule has 0 atom stereocenters. The molecule has 0 spiro atoms. The molecule has 0 saturated heterocycles. The van der Waals surface area contributed by atoms with Crippen LogP contribution in [0.1, 0.15) is 0 Å². The van der Waals surface area contributed by atoms with Gasteiger partial charge in [0.15, 0.2) is 11.5 Å². The Morgan fingerprint density at radius 3 is 2.58 bits per heavy atom. The van der Waals surface area contributed by atoms with Crippen LogP contribution in [0, 0.1) is 0 Å². The highest BCUT2D eigenvalue weighted by Gasteiger charge is 2.14. The summed E-state index contributed by atoms with van der Waals surface area (Å²) in [4.78, 5) is 0. The molecule has 2 aromatic rings. The maximum atomic E-state index is 9.96. The molecule has 4 nitrogen and oxygen atoms in total. The zero-order valence-electron chi connectivity index (χ0n) is 10.6. The number of phenolic OH excluding ortho intramolecular Hbond substituents is 1. The molecule has 0 amide bonds. The molecule has 0 aromatic heterocycles. The van der Waals surface area contributed by atoms with Crippen LogP contribution in [0.15, 0.2) is 36.4 Å². The van der Waals surface area contributed by atoms with E-state index in [1.54, 1.807) is 25.3 Å². The van der Waals surface area contributed by atoms with Crippen LogP contribution in [0.2, 0.25) is 0 Å². The van der Waals surface area contributed by atoms with Crippen molar-refractivity contribution in [1.82, 2.24) is 0 Å². The topological polar surface area (TPSA) is 47.9 Å². The van der Waals surface area contributed by atoms with E-state index in [-0.39, 0.29) is 5.75 Å². The van der Waals surface area contributed by atoms with Crippen LogP contribution in [0.3, 0.4) is 0 Å². The third-order valence-electron chi connectivity index (χ3n) is 3.06. The fourth-order valence-electron chi connectivity index (χ4n) is 2.08. The highest BCUT2D eigenvalue weighted by Crippen LogP contribution is 2.38. The third-order valence-corrected chi connectivity index (χ3v) is 3.06. The van der Waals surface area contributed by atoms with Gasteiger partial charge in [-0.3, -0.25) is 0 Å². The SMILES string of the molecule is COc1ccc(O)c(-c2ccc3c(c2)OCCO3)c1. The molecule has 19 heavy (non-hydrogen) atoms. The number of phenols is 1. The fraction of sp³-hybridized carbons (Fsp3) is 0.200. The zero-order valence-corrected chi connectivity index (χ0v) is 10.6. The minimum absolute atomic E-state index is 0.206. The van der Waals surface area contributed by atoms with Gasteiger partial charge < -0.3 is 19.3 Å². The zero-order chi connectivity index (χ0) is 13.2. The Balaban J connectivity index is 2.06. The lowest BCUT2D eigenvalue weighted by Gasteiger charge is -2.19. The van der Waals surface area contributed by atoms with E-state index < -0.39 is 0 Å². The number of hydrogen-bond donors (Lipinski definition) is 1. The third kappa shape index (κ3) is 2.17. The van der Waals surface area contributed by atoms with Gasteiger partial charge in [-0.2, -0.15) is 0 Å². The van der Waals surface area contributed by atoms with Gasteiger partial charge in [0.1, 0.15) is 24.7 Å². The quantitative estimate of drug-likeness (QED) is 0.899. The van der Waals surface area contributed by atoms with E-state index in [1.807, 2.05) is 18.2 Å². The Bertz CT molecular complexity index is 607. The Morgan fingerprint density at radius 2 is 1.79 bits per heavy atom. The Kier molecular flexibility index (Phi) is 2.91. The smallest absolute Gasteiger partial charge is 0.161 e. The van der Waals surface area contributed by atoms with Gasteiger partial charge in [-0.05, 0) is 35.9 Å². The second kappa shape index (κ2) is 4.72. The summed E-state index contributed by atoms with van der Waals surface area (Å²) in [6.45, 7) is 1.11. The van der Waals surface area contributed by atoms with Crippen LogP contribution in [0.25, 0.3) is 11.1 Å². The van der Waals surface area contributed by atoms with Crippen molar-refractivity contribution in [3.05, 3.63) is 36.4 Å². The summed E-state index contributed by atoms with van der Waals surface area (Å²) >= 11 is 0. The first-order valence-electron chi connectivity index (χ1n) is 6.05. The first-order valence-corrected chi connectivity index (χ1v) is 6.05. The summed E-state index contributed by atoms with van der Waals surface area (Å²) in [7, 11) is 1.60. The van der Waals surface area contributed by atoms with Crippen LogP contribution < -0.4 is 14.2 Å². The number of methoxy groups -OCH3 is 1. The van der Waals surface area contributed by atoms with Gasteiger partial charge in [0, 0.05) is 5.56 Å². The number of ether oxygens (including phenoxy) is 3. The fourth-order valence-corrected chi connectivity index (χ4v) is 2.08. The van der Waals surface area contributed by atoms with E-state index in [4.69, 9.17) is 14.2 Å². The van der Waals surface area contributed by atoms with Gasteiger partial charge in [0.05, 0.1) is 7.11 Å². The largest absolute Gasteiger partial charge is 0.507 e. The van der Waals surface area contributed by atoms with Crippen LogP contribution in [-0.2, 0) is 0 Å². The summed E-state index contributed by atoms with van der Waals surface area (Å²) < 4.78 is 16.2. The van der Waals surface area contributed by atoms with Crippen LogP contribution >= 0.6 is 0 Å². The van der Waals surface area contributed by atoms with E-state index in [0.717, 1.165) is 11.3 Å². The van der Waals surface area contributed by atoms with E-state index >= 15 is 0 Å². The first kappa shape index (κ1) is 11.7. The standard InChI is InChI=1S/C15H14O4/c1-17-11-3-4-13(16)12(9-11)10-2-5-14-15(8-10)19-7-6-18-14/h2-5,8-9,16H,6-7H2,1H3. The molecule has 1 aliphatic heterocycles. The minimum atomic E-state index is 0.206. The van der Waals surface area contributed by atoms with Crippen molar-refractivity contribution in [2.24, 2.45) is 0 Å². The van der Waals surface area contributed by atoms with Crippen molar-refractivity contribution in [1.29, 1.82) is 0 Å². The average molecular weight is 258 g/mol. The normalized spacial score (nSPS) is 13.1. The summed E-state index contributed by atoms with van der Waals surface area (Å²) in [5, 5.41) is 9.96.